The van der Waals surface area contributed by atoms with Crippen LogP contribution in [0.3, 0.4) is 0 Å². The van der Waals surface area contributed by atoms with E-state index in [4.69, 9.17) is 5.73 Å². The van der Waals surface area contributed by atoms with E-state index >= 15 is 0 Å². The maximum Gasteiger partial charge on any atom is 0.0445 e. The highest BCUT2D eigenvalue weighted by atomic mass is 32.1. The summed E-state index contributed by atoms with van der Waals surface area (Å²) < 4.78 is 0. The van der Waals surface area contributed by atoms with Gasteiger partial charge in [-0.3, -0.25) is 0 Å². The van der Waals surface area contributed by atoms with Crippen molar-refractivity contribution in [3.05, 3.63) is 22.4 Å². The van der Waals surface area contributed by atoms with E-state index in [1.165, 1.54) is 5.56 Å². The summed E-state index contributed by atoms with van der Waals surface area (Å²) >= 11 is 1.56. The van der Waals surface area contributed by atoms with Crippen molar-refractivity contribution in [2.75, 3.05) is 0 Å². The van der Waals surface area contributed by atoms with Crippen LogP contribution in [0.5, 0.6) is 0 Å². The van der Waals surface area contributed by atoms with Crippen LogP contribution in [0, 0.1) is 5.38 Å². The Kier molecular flexibility index (Phi) is 1.44. The third-order valence-corrected chi connectivity index (χ3v) is 1.43. The zero-order valence-electron chi connectivity index (χ0n) is 3.85. The molecular weight excluding hydrogens is 106 g/mol. The molecule has 0 aliphatic heterocycles. The Labute approximate surface area is 46.8 Å². The maximum absolute atomic E-state index is 5.28. The van der Waals surface area contributed by atoms with Crippen LogP contribution in [0.25, 0.3) is 0 Å². The van der Waals surface area contributed by atoms with Gasteiger partial charge in [-0.1, -0.05) is 0 Å². The summed E-state index contributed by atoms with van der Waals surface area (Å²) in [5.41, 5.74) is 6.45. The number of hydrogen-bond acceptors (Lipinski definition) is 2. The van der Waals surface area contributed by atoms with Crippen LogP contribution >= 0.6 is 11.3 Å². The number of hydrogen-bond donors (Lipinski definition) is 1. The van der Waals surface area contributed by atoms with E-state index in [0.717, 1.165) is 0 Å². The number of nitrogens with two attached hydrogens (primary N) is 1. The minimum Gasteiger partial charge on any atom is -0.326 e. The van der Waals surface area contributed by atoms with E-state index in [-0.39, 0.29) is 0 Å². The van der Waals surface area contributed by atoms with Crippen molar-refractivity contribution in [3.8, 4) is 0 Å². The van der Waals surface area contributed by atoms with Gasteiger partial charge in [-0.2, -0.15) is 0 Å². The van der Waals surface area contributed by atoms with Crippen molar-refractivity contribution < 1.29 is 0 Å². The lowest BCUT2D eigenvalue weighted by atomic mass is 10.4. The molecule has 1 aromatic heterocycles. The van der Waals surface area contributed by atoms with E-state index in [1.54, 1.807) is 11.3 Å². The lowest BCUT2D eigenvalue weighted by Gasteiger charge is -1.79. The van der Waals surface area contributed by atoms with Gasteiger partial charge in [0.05, 0.1) is 0 Å². The topological polar surface area (TPSA) is 26.0 Å². The van der Waals surface area contributed by atoms with Crippen molar-refractivity contribution in [1.29, 1.82) is 0 Å². The minimum absolute atomic E-state index is 0.639. The van der Waals surface area contributed by atoms with Crippen LogP contribution in [0.15, 0.2) is 11.4 Å². The molecule has 0 aromatic carbocycles. The van der Waals surface area contributed by atoms with E-state index in [0.29, 0.717) is 6.54 Å². The van der Waals surface area contributed by atoms with Gasteiger partial charge in [0.2, 0.25) is 0 Å². The van der Waals surface area contributed by atoms with Gasteiger partial charge in [0, 0.05) is 11.9 Å². The van der Waals surface area contributed by atoms with Gasteiger partial charge in [-0.15, -0.1) is 11.3 Å². The Bertz CT molecular complexity index is 123. The van der Waals surface area contributed by atoms with E-state index in [2.05, 4.69) is 5.38 Å². The van der Waals surface area contributed by atoms with Crippen LogP contribution in [0.1, 0.15) is 5.56 Å². The highest BCUT2D eigenvalue weighted by molar-refractivity contribution is 7.07. The third-order valence-electron chi connectivity index (χ3n) is 0.758. The molecule has 1 rings (SSSR count). The molecule has 0 saturated heterocycles. The van der Waals surface area contributed by atoms with Gasteiger partial charge >= 0.3 is 0 Å². The largest absolute Gasteiger partial charge is 0.326 e. The second-order valence-corrected chi connectivity index (χ2v) is 1.98. The van der Waals surface area contributed by atoms with Crippen LogP contribution in [-0.2, 0) is 6.54 Å². The van der Waals surface area contributed by atoms with Crippen LogP contribution < -0.4 is 5.73 Å². The normalized spacial score (nSPS) is 9.29. The average molecular weight is 112 g/mol. The molecule has 1 nitrogen and oxygen atoms in total. The van der Waals surface area contributed by atoms with Gasteiger partial charge in [0.15, 0.2) is 0 Å². The highest BCUT2D eigenvalue weighted by Gasteiger charge is 1.83. The monoisotopic (exact) mass is 112 g/mol. The molecule has 1 radical (unpaired) electrons. The van der Waals surface area contributed by atoms with Gasteiger partial charge < -0.3 is 5.73 Å². The van der Waals surface area contributed by atoms with Gasteiger partial charge in [-0.25, -0.2) is 0 Å². The molecule has 1 heterocycles. The molecule has 0 amide bonds. The Hall–Kier alpha value is -0.340. The third kappa shape index (κ3) is 1.01. The lowest BCUT2D eigenvalue weighted by molar-refractivity contribution is 1.08. The standard InChI is InChI=1S/C5H6NS/c6-3-5-1-2-7-4-5/h1,4H,3,6H2. The number of thiophene rings is 1. The van der Waals surface area contributed by atoms with Gasteiger partial charge in [0.25, 0.3) is 0 Å². The Morgan fingerprint density at radius 2 is 2.71 bits per heavy atom. The first kappa shape index (κ1) is 4.81. The molecule has 0 aliphatic rings. The molecule has 0 fully saturated rings. The predicted molar refractivity (Wildman–Crippen MR) is 31.0 cm³/mol. The van der Waals surface area contributed by atoms with E-state index < -0.39 is 0 Å². The van der Waals surface area contributed by atoms with Crippen molar-refractivity contribution >= 4 is 11.3 Å². The lowest BCUT2D eigenvalue weighted by Crippen LogP contribution is -1.92. The molecule has 7 heavy (non-hydrogen) atoms. The fourth-order valence-corrected chi connectivity index (χ4v) is 0.964. The SMILES string of the molecule is NCc1c[c]sc1. The van der Waals surface area contributed by atoms with Crippen molar-refractivity contribution in [2.24, 2.45) is 5.73 Å². The van der Waals surface area contributed by atoms with Crippen LogP contribution in [-0.4, -0.2) is 0 Å². The summed E-state index contributed by atoms with van der Waals surface area (Å²) in [4.78, 5) is 0. The van der Waals surface area contributed by atoms with Gasteiger partial charge in [0.1, 0.15) is 0 Å². The van der Waals surface area contributed by atoms with Gasteiger partial charge in [-0.05, 0) is 17.0 Å². The van der Waals surface area contributed by atoms with E-state index in [9.17, 15) is 0 Å². The molecule has 0 bridgehead atoms. The molecule has 0 spiro atoms. The van der Waals surface area contributed by atoms with Crippen molar-refractivity contribution in [3.63, 3.8) is 0 Å². The first-order valence-electron chi connectivity index (χ1n) is 2.07. The highest BCUT2D eigenvalue weighted by Crippen LogP contribution is 2.01. The number of rotatable bonds is 1. The molecule has 2 heteroatoms. The van der Waals surface area contributed by atoms with Crippen LogP contribution in [0.4, 0.5) is 0 Å². The summed E-state index contributed by atoms with van der Waals surface area (Å²) in [5.74, 6) is 0. The molecule has 0 unspecified atom stereocenters. The molecule has 0 saturated carbocycles. The van der Waals surface area contributed by atoms with Crippen molar-refractivity contribution in [2.45, 2.75) is 6.54 Å². The molecule has 0 atom stereocenters. The first-order chi connectivity index (χ1) is 3.43. The predicted octanol–water partition coefficient (Wildman–Crippen LogP) is 1.01. The smallest absolute Gasteiger partial charge is 0.0445 e. The second-order valence-electron chi connectivity index (χ2n) is 1.28. The Morgan fingerprint density at radius 1 is 1.86 bits per heavy atom. The summed E-state index contributed by atoms with van der Waals surface area (Å²) in [6, 6.07) is 1.91. The zero-order valence-corrected chi connectivity index (χ0v) is 4.66. The fraction of sp³-hybridized carbons (Fsp3) is 0.200. The molecular formula is C5H6NS. The average Bonchev–Trinajstić information content (AvgIpc) is 2.14. The molecule has 1 aromatic rings. The first-order valence-corrected chi connectivity index (χ1v) is 2.95. The zero-order chi connectivity index (χ0) is 5.11. The summed E-state index contributed by atoms with van der Waals surface area (Å²) in [6.07, 6.45) is 0. The van der Waals surface area contributed by atoms with E-state index in [1.807, 2.05) is 11.4 Å². The second kappa shape index (κ2) is 2.09. The molecule has 2 N–H and O–H groups in total. The quantitative estimate of drug-likeness (QED) is 0.576. The Balaban J connectivity index is 2.76. The molecule has 37 valence electrons. The fourth-order valence-electron chi connectivity index (χ4n) is 0.360. The maximum atomic E-state index is 5.28. The van der Waals surface area contributed by atoms with Crippen LogP contribution in [0.2, 0.25) is 0 Å². The summed E-state index contributed by atoms with van der Waals surface area (Å²) in [5, 5.41) is 4.94. The Morgan fingerprint density at radius 3 is 3.00 bits per heavy atom. The molecule has 0 aliphatic carbocycles. The summed E-state index contributed by atoms with van der Waals surface area (Å²) in [6.45, 7) is 0.639. The minimum atomic E-state index is 0.639. The summed E-state index contributed by atoms with van der Waals surface area (Å²) in [7, 11) is 0. The van der Waals surface area contributed by atoms with Crippen molar-refractivity contribution in [1.82, 2.24) is 0 Å².